The van der Waals surface area contributed by atoms with E-state index in [-0.39, 0.29) is 0 Å². The molecule has 4 nitrogen and oxygen atoms in total. The summed E-state index contributed by atoms with van der Waals surface area (Å²) in [4.78, 5) is 13.9. The van der Waals surface area contributed by atoms with E-state index in [0.717, 1.165) is 50.7 Å². The zero-order valence-corrected chi connectivity index (χ0v) is 20.5. The molecule has 2 aromatic heterocycles. The van der Waals surface area contributed by atoms with Gasteiger partial charge in [0.1, 0.15) is 0 Å². The van der Waals surface area contributed by atoms with Crippen LogP contribution in [-0.2, 0) is 26.2 Å². The second-order valence-electron chi connectivity index (χ2n) is 8.32. The summed E-state index contributed by atoms with van der Waals surface area (Å²) in [5, 5.41) is 1.42. The van der Waals surface area contributed by atoms with Gasteiger partial charge in [-0.25, -0.2) is 0 Å². The van der Waals surface area contributed by atoms with Crippen molar-refractivity contribution >= 4 is 23.2 Å². The van der Waals surface area contributed by atoms with Crippen LogP contribution >= 0.6 is 23.2 Å². The average Bonchev–Trinajstić information content (AvgIpc) is 2.84. The maximum absolute atomic E-state index is 6.22. The maximum Gasteiger partial charge on any atom is 0.0558 e. The summed E-state index contributed by atoms with van der Waals surface area (Å²) < 4.78 is 0. The molecule has 2 heterocycles. The van der Waals surface area contributed by atoms with E-state index in [0.29, 0.717) is 10.0 Å². The van der Waals surface area contributed by atoms with E-state index in [1.165, 1.54) is 11.1 Å². The quantitative estimate of drug-likeness (QED) is 0.240. The van der Waals surface area contributed by atoms with Gasteiger partial charge < -0.3 is 0 Å². The third-order valence-electron chi connectivity index (χ3n) is 5.56. The third kappa shape index (κ3) is 7.93. The molecule has 0 atom stereocenters. The molecule has 0 saturated heterocycles. The molecule has 0 N–H and O–H groups in total. The van der Waals surface area contributed by atoms with Gasteiger partial charge in [-0.15, -0.1) is 0 Å². The number of benzene rings is 2. The molecule has 0 aliphatic heterocycles. The fourth-order valence-electron chi connectivity index (χ4n) is 3.92. The predicted molar refractivity (Wildman–Crippen MR) is 140 cm³/mol. The van der Waals surface area contributed by atoms with Gasteiger partial charge in [-0.05, 0) is 35.4 Å². The topological polar surface area (TPSA) is 32.3 Å². The van der Waals surface area contributed by atoms with Gasteiger partial charge in [-0.2, -0.15) is 0 Å². The number of nitrogens with zero attached hydrogens (tertiary/aromatic N) is 4. The number of hydrogen-bond acceptors (Lipinski definition) is 4. The highest BCUT2D eigenvalue weighted by Gasteiger charge is 2.14. The maximum atomic E-state index is 6.22. The van der Waals surface area contributed by atoms with E-state index in [1.54, 1.807) is 12.4 Å². The van der Waals surface area contributed by atoms with E-state index in [1.807, 2.05) is 36.4 Å². The number of hydrogen-bond donors (Lipinski definition) is 0. The largest absolute Gasteiger partial charge is 0.292 e. The third-order valence-corrected chi connectivity index (χ3v) is 6.03. The van der Waals surface area contributed by atoms with Crippen molar-refractivity contribution in [2.24, 2.45) is 0 Å². The lowest BCUT2D eigenvalue weighted by molar-refractivity contribution is 0.180. The summed E-state index contributed by atoms with van der Waals surface area (Å²) in [6.07, 6.45) is 3.54. The van der Waals surface area contributed by atoms with Crippen LogP contribution in [0, 0.1) is 0 Å². The normalized spacial score (nSPS) is 11.3. The Morgan fingerprint density at radius 2 is 0.941 bits per heavy atom. The van der Waals surface area contributed by atoms with Crippen molar-refractivity contribution in [3.05, 3.63) is 130 Å². The molecule has 6 heteroatoms. The molecule has 0 saturated carbocycles. The van der Waals surface area contributed by atoms with Gasteiger partial charge in [0.2, 0.25) is 0 Å². The smallest absolute Gasteiger partial charge is 0.0558 e. The Morgan fingerprint density at radius 1 is 0.529 bits per heavy atom. The Kier molecular flexibility index (Phi) is 9.05. The first-order chi connectivity index (χ1) is 16.6. The fourth-order valence-corrected chi connectivity index (χ4v) is 4.29. The standard InChI is InChI=1S/C28H28Cl2N4/c29-25-11-13-31-27(17-25)21-33(19-23-7-3-1-4-8-23)15-16-34(20-24-9-5-2-6-10-24)22-28-18-26(30)12-14-32-28/h1-14,17-18H,15-16,19-22H2. The van der Waals surface area contributed by atoms with Crippen LogP contribution in [0.2, 0.25) is 10.0 Å². The van der Waals surface area contributed by atoms with Crippen molar-refractivity contribution in [3.8, 4) is 0 Å². The first-order valence-electron chi connectivity index (χ1n) is 11.4. The predicted octanol–water partition coefficient (Wildman–Crippen LogP) is 6.49. The van der Waals surface area contributed by atoms with Crippen LogP contribution in [-0.4, -0.2) is 32.9 Å². The highest BCUT2D eigenvalue weighted by Crippen LogP contribution is 2.15. The molecule has 4 aromatic rings. The highest BCUT2D eigenvalue weighted by molar-refractivity contribution is 6.30. The molecule has 0 aliphatic carbocycles. The zero-order valence-electron chi connectivity index (χ0n) is 19.0. The lowest BCUT2D eigenvalue weighted by Crippen LogP contribution is -2.34. The first kappa shape index (κ1) is 24.4. The lowest BCUT2D eigenvalue weighted by atomic mass is 10.2. The summed E-state index contributed by atoms with van der Waals surface area (Å²) in [6.45, 7) is 4.87. The number of rotatable bonds is 11. The van der Waals surface area contributed by atoms with Crippen LogP contribution in [0.4, 0.5) is 0 Å². The van der Waals surface area contributed by atoms with Crippen molar-refractivity contribution in [2.75, 3.05) is 13.1 Å². The summed E-state index contributed by atoms with van der Waals surface area (Å²) in [6, 6.07) is 28.6. The van der Waals surface area contributed by atoms with Crippen LogP contribution < -0.4 is 0 Å². The minimum atomic E-state index is 0.711. The Labute approximate surface area is 211 Å². The molecule has 0 spiro atoms. The minimum absolute atomic E-state index is 0.711. The zero-order chi connectivity index (χ0) is 23.6. The van der Waals surface area contributed by atoms with Crippen LogP contribution in [0.25, 0.3) is 0 Å². The average molecular weight is 491 g/mol. The molecule has 0 fully saturated rings. The van der Waals surface area contributed by atoms with Crippen molar-refractivity contribution < 1.29 is 0 Å². The molecule has 0 radical (unpaired) electrons. The van der Waals surface area contributed by atoms with E-state index >= 15 is 0 Å². The molecule has 0 bridgehead atoms. The van der Waals surface area contributed by atoms with Gasteiger partial charge in [-0.1, -0.05) is 83.9 Å². The van der Waals surface area contributed by atoms with Crippen molar-refractivity contribution in [3.63, 3.8) is 0 Å². The van der Waals surface area contributed by atoms with Gasteiger partial charge in [0, 0.05) is 61.7 Å². The van der Waals surface area contributed by atoms with E-state index in [2.05, 4.69) is 68.3 Å². The molecule has 4 rings (SSSR count). The minimum Gasteiger partial charge on any atom is -0.292 e. The van der Waals surface area contributed by atoms with Gasteiger partial charge in [0.15, 0.2) is 0 Å². The highest BCUT2D eigenvalue weighted by atomic mass is 35.5. The van der Waals surface area contributed by atoms with Gasteiger partial charge >= 0.3 is 0 Å². The number of pyridine rings is 2. The molecule has 34 heavy (non-hydrogen) atoms. The van der Waals surface area contributed by atoms with E-state index < -0.39 is 0 Å². The van der Waals surface area contributed by atoms with Gasteiger partial charge in [0.05, 0.1) is 11.4 Å². The summed E-state index contributed by atoms with van der Waals surface area (Å²) in [5.74, 6) is 0. The fraction of sp³-hybridized carbons (Fsp3) is 0.214. The molecule has 2 aromatic carbocycles. The van der Waals surface area contributed by atoms with Crippen LogP contribution in [0.5, 0.6) is 0 Å². The number of halogens is 2. The van der Waals surface area contributed by atoms with Crippen molar-refractivity contribution in [1.82, 2.24) is 19.8 Å². The van der Waals surface area contributed by atoms with Crippen LogP contribution in [0.1, 0.15) is 22.5 Å². The van der Waals surface area contributed by atoms with Gasteiger partial charge in [0.25, 0.3) is 0 Å². The Balaban J connectivity index is 1.50. The van der Waals surface area contributed by atoms with E-state index in [4.69, 9.17) is 23.2 Å². The van der Waals surface area contributed by atoms with Crippen LogP contribution in [0.3, 0.4) is 0 Å². The van der Waals surface area contributed by atoms with Crippen LogP contribution in [0.15, 0.2) is 97.3 Å². The second-order valence-corrected chi connectivity index (χ2v) is 9.20. The monoisotopic (exact) mass is 490 g/mol. The first-order valence-corrected chi connectivity index (χ1v) is 12.1. The lowest BCUT2D eigenvalue weighted by Gasteiger charge is -2.28. The molecule has 0 unspecified atom stereocenters. The molecular weight excluding hydrogens is 463 g/mol. The molecule has 0 aliphatic rings. The molecular formula is C28H28Cl2N4. The van der Waals surface area contributed by atoms with Crippen molar-refractivity contribution in [2.45, 2.75) is 26.2 Å². The van der Waals surface area contributed by atoms with E-state index in [9.17, 15) is 0 Å². The Hall–Kier alpha value is -2.76. The summed E-state index contributed by atoms with van der Waals surface area (Å²) >= 11 is 12.4. The SMILES string of the molecule is Clc1ccnc(CN(CCN(Cc2ccccc2)Cc2cc(Cl)ccn2)Cc2ccccc2)c1. The molecule has 174 valence electrons. The second kappa shape index (κ2) is 12.6. The molecule has 0 amide bonds. The number of aromatic nitrogens is 2. The Morgan fingerprint density at radius 3 is 1.32 bits per heavy atom. The van der Waals surface area contributed by atoms with Gasteiger partial charge in [-0.3, -0.25) is 19.8 Å². The summed E-state index contributed by atoms with van der Waals surface area (Å²) in [5.41, 5.74) is 4.48. The van der Waals surface area contributed by atoms with Crippen molar-refractivity contribution in [1.29, 1.82) is 0 Å². The Bertz CT molecular complexity index is 1060. The summed E-state index contributed by atoms with van der Waals surface area (Å²) in [7, 11) is 0.